The molecule has 1 aliphatic rings. The van der Waals surface area contributed by atoms with Crippen LogP contribution < -0.4 is 10.6 Å². The maximum absolute atomic E-state index is 12.0. The fourth-order valence-electron chi connectivity index (χ4n) is 2.04. The highest BCUT2D eigenvalue weighted by molar-refractivity contribution is 7.21. The second kappa shape index (κ2) is 4.44. The number of nitriles is 1. The highest BCUT2D eigenvalue weighted by atomic mass is 32.1. The quantitative estimate of drug-likeness (QED) is 0.828. The number of fused-ring (bicyclic) bond motifs is 1. The van der Waals surface area contributed by atoms with Crippen LogP contribution in [0.5, 0.6) is 0 Å². The van der Waals surface area contributed by atoms with Crippen molar-refractivity contribution < 1.29 is 4.79 Å². The van der Waals surface area contributed by atoms with Crippen LogP contribution in [-0.2, 0) is 4.79 Å². The van der Waals surface area contributed by atoms with Crippen molar-refractivity contribution in [3.63, 3.8) is 0 Å². The number of nitrogen functional groups attached to an aromatic ring is 1. The second-order valence-corrected chi connectivity index (χ2v) is 5.28. The minimum atomic E-state index is -0.195. The number of amides is 1. The minimum Gasteiger partial charge on any atom is -0.375 e. The molecule has 1 unspecified atom stereocenters. The van der Waals surface area contributed by atoms with Gasteiger partial charge in [-0.15, -0.1) is 0 Å². The van der Waals surface area contributed by atoms with Gasteiger partial charge in [0.2, 0.25) is 5.91 Å². The van der Waals surface area contributed by atoms with Crippen molar-refractivity contribution in [3.8, 4) is 6.07 Å². The summed E-state index contributed by atoms with van der Waals surface area (Å²) in [4.78, 5) is 26.7. The second-order valence-electron chi connectivity index (χ2n) is 4.27. The van der Waals surface area contributed by atoms with Crippen LogP contribution in [0.1, 0.15) is 12.8 Å². The summed E-state index contributed by atoms with van der Waals surface area (Å²) in [5.41, 5.74) is 6.08. The number of hydrogen-bond donors (Lipinski definition) is 1. The molecule has 19 heavy (non-hydrogen) atoms. The first-order valence-corrected chi connectivity index (χ1v) is 6.58. The van der Waals surface area contributed by atoms with E-state index in [9.17, 15) is 4.79 Å². The van der Waals surface area contributed by atoms with Gasteiger partial charge in [0.25, 0.3) is 0 Å². The van der Waals surface area contributed by atoms with Gasteiger partial charge in [-0.2, -0.15) is 10.2 Å². The number of thiazole rings is 1. The standard InChI is InChI=1S/C11H10N6OS/c12-4-6-1-2-17(8(18)3-6)7-5-14-9-10(15-7)19-11(13)16-9/h5-6H,1-3H2,(H2,13,14,16). The third-order valence-corrected chi connectivity index (χ3v) is 3.78. The lowest BCUT2D eigenvalue weighted by Gasteiger charge is -2.27. The van der Waals surface area contributed by atoms with Gasteiger partial charge in [-0.3, -0.25) is 9.69 Å². The van der Waals surface area contributed by atoms with E-state index in [0.717, 1.165) is 0 Å². The summed E-state index contributed by atoms with van der Waals surface area (Å²) < 4.78 is 0. The van der Waals surface area contributed by atoms with Gasteiger partial charge in [-0.05, 0) is 6.42 Å². The average molecular weight is 274 g/mol. The molecule has 2 N–H and O–H groups in total. The molecule has 0 saturated carbocycles. The van der Waals surface area contributed by atoms with Crippen LogP contribution in [0.15, 0.2) is 6.20 Å². The molecule has 1 saturated heterocycles. The van der Waals surface area contributed by atoms with Crippen molar-refractivity contribution in [2.24, 2.45) is 5.92 Å². The Kier molecular flexibility index (Phi) is 2.76. The summed E-state index contributed by atoms with van der Waals surface area (Å²) >= 11 is 1.24. The van der Waals surface area contributed by atoms with E-state index in [0.29, 0.717) is 34.4 Å². The highest BCUT2D eigenvalue weighted by Crippen LogP contribution is 2.26. The number of piperidine rings is 1. The molecule has 0 aliphatic carbocycles. The fraction of sp³-hybridized carbons (Fsp3) is 0.364. The molecule has 1 amide bonds. The molecule has 0 spiro atoms. The molecule has 3 heterocycles. The van der Waals surface area contributed by atoms with Crippen molar-refractivity contribution >= 4 is 38.7 Å². The minimum absolute atomic E-state index is 0.0936. The lowest BCUT2D eigenvalue weighted by molar-refractivity contribution is -0.120. The first-order valence-electron chi connectivity index (χ1n) is 5.76. The Morgan fingerprint density at radius 1 is 1.53 bits per heavy atom. The smallest absolute Gasteiger partial charge is 0.229 e. The lowest BCUT2D eigenvalue weighted by atomic mass is 9.98. The Balaban J connectivity index is 1.92. The molecule has 8 heteroatoms. The largest absolute Gasteiger partial charge is 0.375 e. The van der Waals surface area contributed by atoms with Crippen molar-refractivity contribution in [1.82, 2.24) is 15.0 Å². The number of rotatable bonds is 1. The van der Waals surface area contributed by atoms with E-state index < -0.39 is 0 Å². The van der Waals surface area contributed by atoms with E-state index in [-0.39, 0.29) is 18.2 Å². The Bertz CT molecular complexity index is 690. The summed E-state index contributed by atoms with van der Waals surface area (Å²) in [6, 6.07) is 2.13. The zero-order valence-corrected chi connectivity index (χ0v) is 10.7. The predicted octanol–water partition coefficient (Wildman–Crippen LogP) is 0.935. The molecule has 1 aliphatic heterocycles. The molecule has 1 fully saturated rings. The van der Waals surface area contributed by atoms with Crippen molar-refractivity contribution in [2.75, 3.05) is 17.2 Å². The maximum atomic E-state index is 12.0. The topological polar surface area (TPSA) is 109 Å². The van der Waals surface area contributed by atoms with E-state index in [2.05, 4.69) is 21.0 Å². The van der Waals surface area contributed by atoms with E-state index in [4.69, 9.17) is 11.0 Å². The number of nitrogens with zero attached hydrogens (tertiary/aromatic N) is 5. The van der Waals surface area contributed by atoms with Gasteiger partial charge in [0, 0.05) is 13.0 Å². The van der Waals surface area contributed by atoms with Gasteiger partial charge in [-0.25, -0.2) is 9.97 Å². The van der Waals surface area contributed by atoms with Crippen molar-refractivity contribution in [2.45, 2.75) is 12.8 Å². The zero-order chi connectivity index (χ0) is 13.4. The third kappa shape index (κ3) is 2.08. The lowest BCUT2D eigenvalue weighted by Crippen LogP contribution is -2.39. The van der Waals surface area contributed by atoms with Crippen molar-refractivity contribution in [1.29, 1.82) is 5.26 Å². The number of nitrogens with two attached hydrogens (primary N) is 1. The summed E-state index contributed by atoms with van der Waals surface area (Å²) in [7, 11) is 0. The van der Waals surface area contributed by atoms with Crippen molar-refractivity contribution in [3.05, 3.63) is 6.20 Å². The summed E-state index contributed by atoms with van der Waals surface area (Å²) in [6.45, 7) is 0.492. The maximum Gasteiger partial charge on any atom is 0.229 e. The van der Waals surface area contributed by atoms with E-state index in [1.807, 2.05) is 0 Å². The Morgan fingerprint density at radius 2 is 2.37 bits per heavy atom. The fourth-order valence-corrected chi connectivity index (χ4v) is 2.70. The first-order chi connectivity index (χ1) is 9.17. The molecule has 1 atom stereocenters. The number of anilines is 2. The van der Waals surface area contributed by atoms with Crippen LogP contribution in [0.25, 0.3) is 10.5 Å². The first kappa shape index (κ1) is 11.8. The molecule has 96 valence electrons. The Labute approximate surface area is 112 Å². The van der Waals surface area contributed by atoms with E-state index in [1.165, 1.54) is 17.5 Å². The van der Waals surface area contributed by atoms with Crippen LogP contribution in [0, 0.1) is 17.2 Å². The summed E-state index contributed by atoms with van der Waals surface area (Å²) in [6.07, 6.45) is 2.42. The molecule has 2 aromatic rings. The van der Waals surface area contributed by atoms with Crippen LogP contribution in [0.3, 0.4) is 0 Å². The third-order valence-electron chi connectivity index (χ3n) is 3.01. The zero-order valence-electron chi connectivity index (χ0n) is 9.91. The number of carbonyl (C=O) groups excluding carboxylic acids is 1. The average Bonchev–Trinajstić information content (AvgIpc) is 2.77. The van der Waals surface area contributed by atoms with Crippen LogP contribution in [0.4, 0.5) is 10.9 Å². The van der Waals surface area contributed by atoms with Crippen LogP contribution in [-0.4, -0.2) is 27.4 Å². The number of aromatic nitrogens is 3. The van der Waals surface area contributed by atoms with Gasteiger partial charge in [0.1, 0.15) is 0 Å². The molecule has 0 radical (unpaired) electrons. The monoisotopic (exact) mass is 274 g/mol. The molecular weight excluding hydrogens is 264 g/mol. The number of hydrogen-bond acceptors (Lipinski definition) is 7. The summed E-state index contributed by atoms with van der Waals surface area (Å²) in [5, 5.41) is 9.24. The Morgan fingerprint density at radius 3 is 3.11 bits per heavy atom. The molecule has 2 aromatic heterocycles. The number of carbonyl (C=O) groups is 1. The van der Waals surface area contributed by atoms with Gasteiger partial charge in [0.05, 0.1) is 18.2 Å². The van der Waals surface area contributed by atoms with Crippen LogP contribution in [0.2, 0.25) is 0 Å². The molecule has 0 bridgehead atoms. The van der Waals surface area contributed by atoms with Gasteiger partial charge < -0.3 is 5.73 Å². The van der Waals surface area contributed by atoms with Gasteiger partial charge in [0.15, 0.2) is 21.4 Å². The molecular formula is C11H10N6OS. The Hall–Kier alpha value is -2.27. The van der Waals surface area contributed by atoms with Gasteiger partial charge in [-0.1, -0.05) is 11.3 Å². The predicted molar refractivity (Wildman–Crippen MR) is 70.3 cm³/mol. The SMILES string of the molecule is N#CC1CCN(c2cnc3nc(N)sc3n2)C(=O)C1. The summed E-state index contributed by atoms with van der Waals surface area (Å²) in [5.74, 6) is 0.209. The van der Waals surface area contributed by atoms with E-state index >= 15 is 0 Å². The highest BCUT2D eigenvalue weighted by Gasteiger charge is 2.27. The molecule has 7 nitrogen and oxygen atoms in total. The van der Waals surface area contributed by atoms with E-state index in [1.54, 1.807) is 4.90 Å². The van der Waals surface area contributed by atoms with Crippen LogP contribution >= 0.6 is 11.3 Å². The van der Waals surface area contributed by atoms with Gasteiger partial charge >= 0.3 is 0 Å². The molecule has 3 rings (SSSR count). The molecule has 0 aromatic carbocycles. The normalized spacial score (nSPS) is 19.6.